The van der Waals surface area contributed by atoms with Crippen molar-refractivity contribution in [2.45, 2.75) is 25.8 Å². The number of amides is 1. The van der Waals surface area contributed by atoms with Crippen LogP contribution in [0.15, 0.2) is 53.9 Å². The largest absolute Gasteiger partial charge is 0.490 e. The zero-order valence-electron chi connectivity index (χ0n) is 17.5. The average Bonchev–Trinajstić information content (AvgIpc) is 3.18. The minimum absolute atomic E-state index is 0.243. The maximum atomic E-state index is 12.9. The summed E-state index contributed by atoms with van der Waals surface area (Å²) in [4.78, 5) is 25.4. The van der Waals surface area contributed by atoms with Gasteiger partial charge in [0.15, 0.2) is 0 Å². The summed E-state index contributed by atoms with van der Waals surface area (Å²) in [7, 11) is 0. The number of nitrogens with one attached hydrogen (secondary N) is 1. The molecule has 4 rings (SSSR count). The molecule has 9 heteroatoms. The zero-order valence-corrected chi connectivity index (χ0v) is 17.5. The van der Waals surface area contributed by atoms with Gasteiger partial charge >= 0.3 is 0 Å². The van der Waals surface area contributed by atoms with Gasteiger partial charge in [-0.15, -0.1) is 0 Å². The fourth-order valence-electron chi connectivity index (χ4n) is 3.45. The number of rotatable bonds is 6. The highest BCUT2D eigenvalue weighted by Crippen LogP contribution is 2.26. The highest BCUT2D eigenvalue weighted by molar-refractivity contribution is 6.02. The predicted octanol–water partition coefficient (Wildman–Crippen LogP) is 1.70. The number of anilines is 1. The second kappa shape index (κ2) is 8.10. The number of hydrogen-bond donors (Lipinski definition) is 3. The molecule has 1 aliphatic heterocycles. The Balaban J connectivity index is 1.46. The number of nitrogen functional groups attached to an aromatic ring is 1. The molecular weight excluding hydrogens is 394 g/mol. The van der Waals surface area contributed by atoms with Gasteiger partial charge in [-0.2, -0.15) is 0 Å². The van der Waals surface area contributed by atoms with Gasteiger partial charge in [-0.25, -0.2) is 9.97 Å². The number of hydrogen-bond acceptors (Lipinski definition) is 7. The van der Waals surface area contributed by atoms with Crippen LogP contribution in [0, 0.1) is 0 Å². The Bertz CT molecular complexity index is 1150. The number of ether oxygens (including phenoxy) is 1. The summed E-state index contributed by atoms with van der Waals surface area (Å²) in [5, 5.41) is 3.01. The van der Waals surface area contributed by atoms with E-state index in [4.69, 9.17) is 16.2 Å². The molecule has 0 spiro atoms. The SMILES string of the molecule is CC(C)(COc1cccc2c1C(N)=NCC2)NC(=O)c1ccnc(-n2ccnc2N)c1. The number of nitrogens with zero attached hydrogens (tertiary/aromatic N) is 4. The van der Waals surface area contributed by atoms with Crippen molar-refractivity contribution >= 4 is 17.7 Å². The van der Waals surface area contributed by atoms with Crippen LogP contribution >= 0.6 is 0 Å². The number of carbonyl (C=O) groups excluding carboxylic acids is 1. The third kappa shape index (κ3) is 4.35. The van der Waals surface area contributed by atoms with E-state index < -0.39 is 5.54 Å². The Morgan fingerprint density at radius 1 is 1.23 bits per heavy atom. The number of aromatic nitrogens is 3. The van der Waals surface area contributed by atoms with E-state index in [-0.39, 0.29) is 12.5 Å². The van der Waals surface area contributed by atoms with E-state index in [2.05, 4.69) is 20.3 Å². The van der Waals surface area contributed by atoms with Crippen LogP contribution in [0.3, 0.4) is 0 Å². The summed E-state index contributed by atoms with van der Waals surface area (Å²) in [6.45, 7) is 4.73. The van der Waals surface area contributed by atoms with Crippen LogP contribution in [0.1, 0.15) is 35.3 Å². The molecule has 1 aromatic carbocycles. The summed E-state index contributed by atoms with van der Waals surface area (Å²) in [6, 6.07) is 9.15. The summed E-state index contributed by atoms with van der Waals surface area (Å²) >= 11 is 0. The average molecular weight is 419 g/mol. The fourth-order valence-corrected chi connectivity index (χ4v) is 3.45. The summed E-state index contributed by atoms with van der Waals surface area (Å²) in [5.41, 5.74) is 13.7. The lowest BCUT2D eigenvalue weighted by Gasteiger charge is -2.27. The molecule has 0 aliphatic carbocycles. The van der Waals surface area contributed by atoms with E-state index in [0.29, 0.717) is 35.5 Å². The molecule has 0 bridgehead atoms. The van der Waals surface area contributed by atoms with Crippen LogP contribution in [0.5, 0.6) is 5.75 Å². The molecule has 31 heavy (non-hydrogen) atoms. The number of fused-ring (bicyclic) bond motifs is 1. The molecule has 9 nitrogen and oxygen atoms in total. The third-order valence-corrected chi connectivity index (χ3v) is 5.00. The van der Waals surface area contributed by atoms with Crippen molar-refractivity contribution in [3.8, 4) is 11.6 Å². The van der Waals surface area contributed by atoms with Crippen LogP contribution in [0.4, 0.5) is 5.95 Å². The maximum Gasteiger partial charge on any atom is 0.252 e. The molecule has 0 saturated heterocycles. The number of benzene rings is 1. The van der Waals surface area contributed by atoms with Gasteiger partial charge in [0, 0.05) is 30.7 Å². The van der Waals surface area contributed by atoms with E-state index in [1.165, 1.54) is 0 Å². The van der Waals surface area contributed by atoms with Gasteiger partial charge < -0.3 is 21.5 Å². The number of nitrogens with two attached hydrogens (primary N) is 2. The van der Waals surface area contributed by atoms with Crippen molar-refractivity contribution in [3.63, 3.8) is 0 Å². The molecule has 0 radical (unpaired) electrons. The van der Waals surface area contributed by atoms with Crippen LogP contribution in [-0.4, -0.2) is 45.0 Å². The van der Waals surface area contributed by atoms with Crippen molar-refractivity contribution in [2.24, 2.45) is 10.7 Å². The van der Waals surface area contributed by atoms with Gasteiger partial charge in [0.1, 0.15) is 24.0 Å². The molecule has 0 atom stereocenters. The molecule has 1 amide bonds. The number of aliphatic imine (C=N–C) groups is 1. The summed E-state index contributed by atoms with van der Waals surface area (Å²) in [5.74, 6) is 1.73. The first-order chi connectivity index (χ1) is 14.8. The Morgan fingerprint density at radius 3 is 2.84 bits per heavy atom. The first-order valence-electron chi connectivity index (χ1n) is 9.97. The molecule has 3 aromatic rings. The Hall–Kier alpha value is -3.88. The fraction of sp³-hybridized carbons (Fsp3) is 0.273. The molecule has 0 unspecified atom stereocenters. The topological polar surface area (TPSA) is 133 Å². The van der Waals surface area contributed by atoms with Crippen molar-refractivity contribution < 1.29 is 9.53 Å². The van der Waals surface area contributed by atoms with E-state index in [9.17, 15) is 4.79 Å². The standard InChI is InChI=1S/C22H25N7O2/c1-22(2,13-31-16-5-3-4-14-6-9-26-19(23)18(14)16)28-20(30)15-7-8-25-17(12-15)29-11-10-27-21(29)24/h3-5,7-8,10-12H,6,9,13H2,1-2H3,(H2,23,26)(H2,24,27)(H,28,30). The Labute approximate surface area is 180 Å². The molecule has 5 N–H and O–H groups in total. The molecule has 1 aliphatic rings. The van der Waals surface area contributed by atoms with E-state index in [0.717, 1.165) is 17.5 Å². The lowest BCUT2D eigenvalue weighted by Crippen LogP contribution is -2.48. The van der Waals surface area contributed by atoms with Gasteiger partial charge in [-0.3, -0.25) is 14.4 Å². The molecule has 0 saturated carbocycles. The first kappa shape index (κ1) is 20.4. The number of imidazole rings is 1. The monoisotopic (exact) mass is 419 g/mol. The second-order valence-electron chi connectivity index (χ2n) is 7.99. The molecule has 3 heterocycles. The van der Waals surface area contributed by atoms with Gasteiger partial charge in [-0.1, -0.05) is 12.1 Å². The molecular formula is C22H25N7O2. The quantitative estimate of drug-likeness (QED) is 0.557. The smallest absolute Gasteiger partial charge is 0.252 e. The third-order valence-electron chi connectivity index (χ3n) is 5.00. The number of amidine groups is 1. The van der Waals surface area contributed by atoms with Crippen molar-refractivity contribution in [3.05, 3.63) is 65.6 Å². The number of carbonyl (C=O) groups is 1. The molecule has 0 fully saturated rings. The lowest BCUT2D eigenvalue weighted by molar-refractivity contribution is 0.0880. The van der Waals surface area contributed by atoms with E-state index >= 15 is 0 Å². The molecule has 160 valence electrons. The van der Waals surface area contributed by atoms with Crippen molar-refractivity contribution in [1.82, 2.24) is 19.9 Å². The van der Waals surface area contributed by atoms with Gasteiger partial charge in [-0.05, 0) is 44.0 Å². The summed E-state index contributed by atoms with van der Waals surface area (Å²) < 4.78 is 7.66. The van der Waals surface area contributed by atoms with Crippen LogP contribution in [-0.2, 0) is 6.42 Å². The summed E-state index contributed by atoms with van der Waals surface area (Å²) in [6.07, 6.45) is 5.65. The van der Waals surface area contributed by atoms with Gasteiger partial charge in [0.05, 0.1) is 11.1 Å². The minimum Gasteiger partial charge on any atom is -0.490 e. The second-order valence-corrected chi connectivity index (χ2v) is 7.99. The number of pyridine rings is 1. The van der Waals surface area contributed by atoms with E-state index in [1.54, 1.807) is 35.3 Å². The molecule has 2 aromatic heterocycles. The van der Waals surface area contributed by atoms with Crippen LogP contribution in [0.25, 0.3) is 5.82 Å². The van der Waals surface area contributed by atoms with Crippen LogP contribution < -0.4 is 21.5 Å². The maximum absolute atomic E-state index is 12.9. The first-order valence-corrected chi connectivity index (χ1v) is 9.97. The minimum atomic E-state index is -0.641. The van der Waals surface area contributed by atoms with Gasteiger partial charge in [0.2, 0.25) is 5.95 Å². The van der Waals surface area contributed by atoms with Gasteiger partial charge in [0.25, 0.3) is 5.91 Å². The van der Waals surface area contributed by atoms with Crippen molar-refractivity contribution in [1.29, 1.82) is 0 Å². The lowest BCUT2D eigenvalue weighted by atomic mass is 10.00. The predicted molar refractivity (Wildman–Crippen MR) is 119 cm³/mol. The highest BCUT2D eigenvalue weighted by atomic mass is 16.5. The van der Waals surface area contributed by atoms with Crippen molar-refractivity contribution in [2.75, 3.05) is 18.9 Å². The Morgan fingerprint density at radius 2 is 2.06 bits per heavy atom. The normalized spacial score (nSPS) is 13.3. The Kier molecular flexibility index (Phi) is 5.33. The van der Waals surface area contributed by atoms with E-state index in [1.807, 2.05) is 32.0 Å². The highest BCUT2D eigenvalue weighted by Gasteiger charge is 2.24. The van der Waals surface area contributed by atoms with Crippen LogP contribution in [0.2, 0.25) is 0 Å². The zero-order chi connectivity index (χ0) is 22.0.